The maximum atomic E-state index is 12.5. The van der Waals surface area contributed by atoms with Crippen LogP contribution in [0.25, 0.3) is 10.2 Å². The van der Waals surface area contributed by atoms with Crippen molar-refractivity contribution < 1.29 is 9.53 Å². The summed E-state index contributed by atoms with van der Waals surface area (Å²) in [4.78, 5) is 17.4. The SMILES string of the molecule is COCCn1c(=NC(=O)c2nn(C)cc2C)sc2cc(Cl)ccc21. The Morgan fingerprint density at radius 3 is 2.92 bits per heavy atom. The second-order valence-corrected chi connectivity index (χ2v) is 6.84. The minimum absolute atomic E-state index is 0.350. The van der Waals surface area contributed by atoms with Gasteiger partial charge in [0.25, 0.3) is 5.91 Å². The molecule has 0 bridgehead atoms. The van der Waals surface area contributed by atoms with Crippen LogP contribution in [0.3, 0.4) is 0 Å². The molecule has 0 aliphatic heterocycles. The van der Waals surface area contributed by atoms with Crippen LogP contribution in [0.15, 0.2) is 29.4 Å². The first kappa shape index (κ1) is 16.9. The number of nitrogens with zero attached hydrogens (tertiary/aromatic N) is 4. The molecule has 0 N–H and O–H groups in total. The van der Waals surface area contributed by atoms with Gasteiger partial charge in [-0.25, -0.2) is 0 Å². The lowest BCUT2D eigenvalue weighted by Gasteiger charge is -2.04. The highest BCUT2D eigenvalue weighted by molar-refractivity contribution is 7.16. The average molecular weight is 365 g/mol. The minimum Gasteiger partial charge on any atom is -0.383 e. The molecular formula is C16H17ClN4O2S. The number of hydrogen-bond acceptors (Lipinski definition) is 4. The van der Waals surface area contributed by atoms with E-state index in [1.54, 1.807) is 25.0 Å². The highest BCUT2D eigenvalue weighted by Crippen LogP contribution is 2.22. The monoisotopic (exact) mass is 364 g/mol. The Morgan fingerprint density at radius 2 is 2.25 bits per heavy atom. The van der Waals surface area contributed by atoms with E-state index in [0.29, 0.717) is 28.7 Å². The smallest absolute Gasteiger partial charge is 0.300 e. The highest BCUT2D eigenvalue weighted by atomic mass is 35.5. The Hall–Kier alpha value is -1.96. The van der Waals surface area contributed by atoms with E-state index in [4.69, 9.17) is 16.3 Å². The third kappa shape index (κ3) is 3.28. The lowest BCUT2D eigenvalue weighted by atomic mass is 10.3. The molecule has 3 rings (SSSR count). The molecule has 0 fully saturated rings. The molecule has 3 aromatic rings. The van der Waals surface area contributed by atoms with Gasteiger partial charge in [0.2, 0.25) is 0 Å². The minimum atomic E-state index is -0.350. The van der Waals surface area contributed by atoms with Crippen molar-refractivity contribution in [2.75, 3.05) is 13.7 Å². The number of halogens is 1. The maximum absolute atomic E-state index is 12.5. The fraction of sp³-hybridized carbons (Fsp3) is 0.312. The molecule has 1 aromatic carbocycles. The predicted molar refractivity (Wildman–Crippen MR) is 94.5 cm³/mol. The zero-order valence-electron chi connectivity index (χ0n) is 13.6. The van der Waals surface area contributed by atoms with E-state index >= 15 is 0 Å². The highest BCUT2D eigenvalue weighted by Gasteiger charge is 2.14. The van der Waals surface area contributed by atoms with Gasteiger partial charge in [-0.05, 0) is 25.1 Å². The summed E-state index contributed by atoms with van der Waals surface area (Å²) in [6.07, 6.45) is 1.80. The molecule has 0 aliphatic carbocycles. The number of hydrogen-bond donors (Lipinski definition) is 0. The first-order valence-corrected chi connectivity index (χ1v) is 8.56. The first-order valence-electron chi connectivity index (χ1n) is 7.36. The molecule has 0 saturated carbocycles. The number of ether oxygens (including phenoxy) is 1. The van der Waals surface area contributed by atoms with Crippen LogP contribution < -0.4 is 4.80 Å². The van der Waals surface area contributed by atoms with Crippen molar-refractivity contribution in [1.82, 2.24) is 14.3 Å². The van der Waals surface area contributed by atoms with Crippen LogP contribution in [0, 0.1) is 6.92 Å². The van der Waals surface area contributed by atoms with E-state index < -0.39 is 0 Å². The van der Waals surface area contributed by atoms with Gasteiger partial charge in [-0.3, -0.25) is 9.48 Å². The summed E-state index contributed by atoms with van der Waals surface area (Å²) in [5.74, 6) is -0.350. The van der Waals surface area contributed by atoms with Crippen LogP contribution in [-0.2, 0) is 18.3 Å². The summed E-state index contributed by atoms with van der Waals surface area (Å²) >= 11 is 7.50. The fourth-order valence-electron chi connectivity index (χ4n) is 2.49. The largest absolute Gasteiger partial charge is 0.383 e. The number of amides is 1. The maximum Gasteiger partial charge on any atom is 0.300 e. The van der Waals surface area contributed by atoms with E-state index in [-0.39, 0.29) is 5.91 Å². The molecule has 8 heteroatoms. The fourth-order valence-corrected chi connectivity index (χ4v) is 3.82. The molecule has 0 unspecified atom stereocenters. The van der Waals surface area contributed by atoms with Crippen molar-refractivity contribution >= 4 is 39.1 Å². The zero-order valence-corrected chi connectivity index (χ0v) is 15.2. The van der Waals surface area contributed by atoms with E-state index in [9.17, 15) is 4.79 Å². The second kappa shape index (κ2) is 6.88. The van der Waals surface area contributed by atoms with Gasteiger partial charge in [0.15, 0.2) is 10.5 Å². The molecule has 0 spiro atoms. The molecule has 0 saturated heterocycles. The van der Waals surface area contributed by atoms with Crippen molar-refractivity contribution in [2.24, 2.45) is 12.0 Å². The Kier molecular flexibility index (Phi) is 4.84. The lowest BCUT2D eigenvalue weighted by molar-refractivity contribution is 0.0991. The summed E-state index contributed by atoms with van der Waals surface area (Å²) in [6, 6.07) is 5.63. The van der Waals surface area contributed by atoms with Crippen LogP contribution >= 0.6 is 22.9 Å². The van der Waals surface area contributed by atoms with Gasteiger partial charge in [0, 0.05) is 37.5 Å². The number of rotatable bonds is 4. The molecule has 2 heterocycles. The van der Waals surface area contributed by atoms with Crippen molar-refractivity contribution in [1.29, 1.82) is 0 Å². The number of aryl methyl sites for hydroxylation is 2. The van der Waals surface area contributed by atoms with Gasteiger partial charge in [0.1, 0.15) is 0 Å². The van der Waals surface area contributed by atoms with Crippen molar-refractivity contribution in [3.8, 4) is 0 Å². The standard InChI is InChI=1S/C16H17ClN4O2S/c1-10-9-20(2)19-14(10)15(22)18-16-21(6-7-23-3)12-5-4-11(17)8-13(12)24-16/h4-5,8-9H,6-7H2,1-3H3. The Morgan fingerprint density at radius 1 is 1.46 bits per heavy atom. The van der Waals surface area contributed by atoms with Gasteiger partial charge in [-0.2, -0.15) is 10.1 Å². The second-order valence-electron chi connectivity index (χ2n) is 5.39. The zero-order chi connectivity index (χ0) is 17.3. The molecule has 126 valence electrons. The molecule has 0 aliphatic rings. The van der Waals surface area contributed by atoms with Gasteiger partial charge in [-0.1, -0.05) is 22.9 Å². The third-order valence-corrected chi connectivity index (χ3v) is 4.85. The molecule has 24 heavy (non-hydrogen) atoms. The Bertz CT molecular complexity index is 970. The van der Waals surface area contributed by atoms with E-state index in [1.165, 1.54) is 11.3 Å². The summed E-state index contributed by atoms with van der Waals surface area (Å²) in [6.45, 7) is 2.98. The van der Waals surface area contributed by atoms with Gasteiger partial charge in [0.05, 0.1) is 16.8 Å². The molecule has 2 aromatic heterocycles. The van der Waals surface area contributed by atoms with Gasteiger partial charge in [-0.15, -0.1) is 0 Å². The summed E-state index contributed by atoms with van der Waals surface area (Å²) < 4.78 is 9.73. The lowest BCUT2D eigenvalue weighted by Crippen LogP contribution is -2.19. The van der Waals surface area contributed by atoms with E-state index in [2.05, 4.69) is 10.1 Å². The van der Waals surface area contributed by atoms with Crippen LogP contribution in [0.1, 0.15) is 16.1 Å². The van der Waals surface area contributed by atoms with E-state index in [0.717, 1.165) is 15.8 Å². The van der Waals surface area contributed by atoms with Gasteiger partial charge >= 0.3 is 0 Å². The van der Waals surface area contributed by atoms with Crippen molar-refractivity contribution in [3.63, 3.8) is 0 Å². The summed E-state index contributed by atoms with van der Waals surface area (Å²) in [5, 5.41) is 4.84. The number of aromatic nitrogens is 3. The average Bonchev–Trinajstić information content (AvgIpc) is 3.04. The normalized spacial score (nSPS) is 12.2. The molecule has 6 nitrogen and oxygen atoms in total. The number of benzene rings is 1. The van der Waals surface area contributed by atoms with Gasteiger partial charge < -0.3 is 9.30 Å². The summed E-state index contributed by atoms with van der Waals surface area (Å²) in [7, 11) is 3.43. The Labute approximate surface area is 148 Å². The number of fused-ring (bicyclic) bond motifs is 1. The van der Waals surface area contributed by atoms with Crippen LogP contribution in [0.5, 0.6) is 0 Å². The third-order valence-electron chi connectivity index (χ3n) is 3.58. The summed E-state index contributed by atoms with van der Waals surface area (Å²) in [5.41, 5.74) is 2.15. The first-order chi connectivity index (χ1) is 11.5. The number of carbonyl (C=O) groups is 1. The number of carbonyl (C=O) groups excluding carboxylic acids is 1. The molecule has 0 radical (unpaired) electrons. The quantitative estimate of drug-likeness (QED) is 0.715. The van der Waals surface area contributed by atoms with Crippen LogP contribution in [0.2, 0.25) is 5.02 Å². The molecule has 1 amide bonds. The van der Waals surface area contributed by atoms with Crippen molar-refractivity contribution in [2.45, 2.75) is 13.5 Å². The van der Waals surface area contributed by atoms with Crippen molar-refractivity contribution in [3.05, 3.63) is 45.5 Å². The Balaban J connectivity index is 2.13. The molecular weight excluding hydrogens is 348 g/mol. The number of thiazole rings is 1. The topological polar surface area (TPSA) is 61.4 Å². The van der Waals surface area contributed by atoms with Crippen LogP contribution in [0.4, 0.5) is 0 Å². The van der Waals surface area contributed by atoms with E-state index in [1.807, 2.05) is 29.7 Å². The number of methoxy groups -OCH3 is 1. The predicted octanol–water partition coefficient (Wildman–Crippen LogP) is 2.79. The molecule has 0 atom stereocenters. The van der Waals surface area contributed by atoms with Crippen LogP contribution in [-0.4, -0.2) is 34.0 Å².